The van der Waals surface area contributed by atoms with E-state index >= 15 is 0 Å². The molecule has 1 unspecified atom stereocenters. The largest absolute Gasteiger partial charge is 0.466 e. The van der Waals surface area contributed by atoms with E-state index in [1.807, 2.05) is 0 Å². The summed E-state index contributed by atoms with van der Waals surface area (Å²) in [5, 5.41) is 2.66. The minimum absolute atomic E-state index is 0.154. The van der Waals surface area contributed by atoms with Gasteiger partial charge in [0.15, 0.2) is 11.9 Å². The lowest BCUT2D eigenvalue weighted by atomic mass is 10.1. The van der Waals surface area contributed by atoms with Gasteiger partial charge in [-0.15, -0.1) is 0 Å². The summed E-state index contributed by atoms with van der Waals surface area (Å²) in [6.45, 7) is 3.20. The quantitative estimate of drug-likeness (QED) is 0.846. The predicted octanol–water partition coefficient (Wildman–Crippen LogP) is 2.56. The molecular weight excluding hydrogens is 314 g/mol. The van der Waals surface area contributed by atoms with Gasteiger partial charge in [-0.3, -0.25) is 4.79 Å². The third-order valence-electron chi connectivity index (χ3n) is 3.28. The molecule has 0 spiro atoms. The Morgan fingerprint density at radius 2 is 1.96 bits per heavy atom. The number of hydrogen-bond acceptors (Lipinski definition) is 6. The number of rotatable bonds is 5. The summed E-state index contributed by atoms with van der Waals surface area (Å²) in [5.41, 5.74) is 1.40. The van der Waals surface area contributed by atoms with Gasteiger partial charge in [0, 0.05) is 5.69 Å². The summed E-state index contributed by atoms with van der Waals surface area (Å²) in [6.07, 6.45) is 0.369. The molecule has 1 aromatic carbocycles. The van der Waals surface area contributed by atoms with Crippen molar-refractivity contribution in [1.82, 2.24) is 0 Å². The smallest absolute Gasteiger partial charge is 0.346 e. The van der Waals surface area contributed by atoms with E-state index < -0.39 is 23.9 Å². The number of aryl methyl sites for hydroxylation is 1. The van der Waals surface area contributed by atoms with Gasteiger partial charge in [0.05, 0.1) is 18.9 Å². The fourth-order valence-electron chi connectivity index (χ4n) is 1.92. The molecule has 1 amide bonds. The third-order valence-corrected chi connectivity index (χ3v) is 3.28. The van der Waals surface area contributed by atoms with Gasteiger partial charge in [0.1, 0.15) is 0 Å². The molecule has 1 heterocycles. The van der Waals surface area contributed by atoms with E-state index in [-0.39, 0.29) is 11.3 Å². The van der Waals surface area contributed by atoms with Crippen molar-refractivity contribution in [2.45, 2.75) is 20.0 Å². The van der Waals surface area contributed by atoms with Crippen LogP contribution in [0, 0.1) is 6.92 Å². The standard InChI is InChI=1S/C17H17NO6/c1-10-6-7-12(17(21)24-11(2)16(20)22-3)9-13(10)18-15(19)14-5-4-8-23-14/h4-9,11H,1-3H3,(H,18,19). The number of carbonyl (C=O) groups is 3. The van der Waals surface area contributed by atoms with Crippen LogP contribution in [0.4, 0.5) is 5.69 Å². The lowest BCUT2D eigenvalue weighted by molar-refractivity contribution is -0.149. The molecule has 1 N–H and O–H groups in total. The zero-order chi connectivity index (χ0) is 17.7. The number of nitrogens with one attached hydrogen (secondary N) is 1. The first kappa shape index (κ1) is 17.3. The van der Waals surface area contributed by atoms with Crippen LogP contribution in [-0.4, -0.2) is 31.1 Å². The lowest BCUT2D eigenvalue weighted by Crippen LogP contribution is -2.25. The molecule has 7 nitrogen and oxygen atoms in total. The summed E-state index contributed by atoms with van der Waals surface area (Å²) in [6, 6.07) is 7.81. The Bertz CT molecular complexity index is 750. The topological polar surface area (TPSA) is 94.8 Å². The number of esters is 2. The second-order valence-electron chi connectivity index (χ2n) is 5.03. The number of ether oxygens (including phenoxy) is 2. The predicted molar refractivity (Wildman–Crippen MR) is 84.7 cm³/mol. The van der Waals surface area contributed by atoms with E-state index in [9.17, 15) is 14.4 Å². The molecular formula is C17H17NO6. The molecule has 0 aliphatic rings. The molecule has 0 saturated heterocycles. The van der Waals surface area contributed by atoms with E-state index in [2.05, 4.69) is 10.1 Å². The van der Waals surface area contributed by atoms with E-state index in [0.717, 1.165) is 5.56 Å². The van der Waals surface area contributed by atoms with Crippen molar-refractivity contribution in [3.63, 3.8) is 0 Å². The summed E-state index contributed by atoms with van der Waals surface area (Å²) >= 11 is 0. The Kier molecular flexibility index (Phi) is 5.36. The molecule has 0 fully saturated rings. The maximum absolute atomic E-state index is 12.1. The molecule has 7 heteroatoms. The van der Waals surface area contributed by atoms with Crippen molar-refractivity contribution in [1.29, 1.82) is 0 Å². The number of hydrogen-bond donors (Lipinski definition) is 1. The first-order chi connectivity index (χ1) is 11.4. The van der Waals surface area contributed by atoms with Crippen molar-refractivity contribution in [3.05, 3.63) is 53.5 Å². The fraction of sp³-hybridized carbons (Fsp3) is 0.235. The third kappa shape index (κ3) is 4.01. The van der Waals surface area contributed by atoms with Gasteiger partial charge in [-0.2, -0.15) is 0 Å². The average molecular weight is 331 g/mol. The molecule has 0 aliphatic carbocycles. The summed E-state index contributed by atoms with van der Waals surface area (Å²) in [5.74, 6) is -1.62. The van der Waals surface area contributed by atoms with Gasteiger partial charge in [-0.05, 0) is 43.7 Å². The highest BCUT2D eigenvalue weighted by atomic mass is 16.6. The second kappa shape index (κ2) is 7.45. The van der Waals surface area contributed by atoms with Crippen LogP contribution in [-0.2, 0) is 14.3 Å². The Labute approximate surface area is 138 Å². The van der Waals surface area contributed by atoms with Crippen molar-refractivity contribution in [3.8, 4) is 0 Å². The maximum Gasteiger partial charge on any atom is 0.346 e. The Balaban J connectivity index is 2.14. The van der Waals surface area contributed by atoms with Gasteiger partial charge in [-0.1, -0.05) is 6.07 Å². The summed E-state index contributed by atoms with van der Waals surface area (Å²) in [7, 11) is 1.21. The minimum Gasteiger partial charge on any atom is -0.466 e. The SMILES string of the molecule is COC(=O)C(C)OC(=O)c1ccc(C)c(NC(=O)c2ccco2)c1. The number of carbonyl (C=O) groups excluding carboxylic acids is 3. The monoisotopic (exact) mass is 331 g/mol. The summed E-state index contributed by atoms with van der Waals surface area (Å²) in [4.78, 5) is 35.4. The minimum atomic E-state index is -1.02. The average Bonchev–Trinajstić information content (AvgIpc) is 3.10. The van der Waals surface area contributed by atoms with Crippen LogP contribution in [0.1, 0.15) is 33.4 Å². The molecule has 0 aliphatic heterocycles. The Morgan fingerprint density at radius 1 is 1.21 bits per heavy atom. The number of anilines is 1. The molecule has 1 aromatic heterocycles. The molecule has 2 aromatic rings. The van der Waals surface area contributed by atoms with Crippen LogP contribution in [0.5, 0.6) is 0 Å². The van der Waals surface area contributed by atoms with Gasteiger partial charge in [0.2, 0.25) is 0 Å². The highest BCUT2D eigenvalue weighted by molar-refractivity contribution is 6.03. The molecule has 24 heavy (non-hydrogen) atoms. The van der Waals surface area contributed by atoms with Crippen molar-refractivity contribution >= 4 is 23.5 Å². The molecule has 0 saturated carbocycles. The zero-order valence-corrected chi connectivity index (χ0v) is 13.5. The maximum atomic E-state index is 12.1. The van der Waals surface area contributed by atoms with E-state index in [1.54, 1.807) is 25.1 Å². The van der Waals surface area contributed by atoms with Gasteiger partial charge in [0.25, 0.3) is 5.91 Å². The Morgan fingerprint density at radius 3 is 2.58 bits per heavy atom. The van der Waals surface area contributed by atoms with Crippen LogP contribution >= 0.6 is 0 Å². The lowest BCUT2D eigenvalue weighted by Gasteiger charge is -2.13. The molecule has 0 bridgehead atoms. The zero-order valence-electron chi connectivity index (χ0n) is 13.5. The summed E-state index contributed by atoms with van der Waals surface area (Å²) < 4.78 is 14.5. The Hall–Kier alpha value is -3.09. The molecule has 2 rings (SSSR count). The number of furan rings is 1. The molecule has 0 radical (unpaired) electrons. The highest BCUT2D eigenvalue weighted by Crippen LogP contribution is 2.19. The van der Waals surface area contributed by atoms with Crippen molar-refractivity contribution in [2.75, 3.05) is 12.4 Å². The number of amides is 1. The highest BCUT2D eigenvalue weighted by Gasteiger charge is 2.20. The fourth-order valence-corrected chi connectivity index (χ4v) is 1.92. The van der Waals surface area contributed by atoms with E-state index in [0.29, 0.717) is 5.69 Å². The number of methoxy groups -OCH3 is 1. The normalized spacial score (nSPS) is 11.5. The van der Waals surface area contributed by atoms with Crippen LogP contribution < -0.4 is 5.32 Å². The van der Waals surface area contributed by atoms with Crippen molar-refractivity contribution < 1.29 is 28.3 Å². The van der Waals surface area contributed by atoms with Gasteiger partial charge < -0.3 is 19.2 Å². The van der Waals surface area contributed by atoms with Crippen LogP contribution in [0.25, 0.3) is 0 Å². The first-order valence-corrected chi connectivity index (χ1v) is 7.16. The van der Waals surface area contributed by atoms with Gasteiger partial charge in [-0.25, -0.2) is 9.59 Å². The van der Waals surface area contributed by atoms with Crippen LogP contribution in [0.15, 0.2) is 41.0 Å². The van der Waals surface area contributed by atoms with Crippen LogP contribution in [0.2, 0.25) is 0 Å². The van der Waals surface area contributed by atoms with Gasteiger partial charge >= 0.3 is 11.9 Å². The van der Waals surface area contributed by atoms with Crippen LogP contribution in [0.3, 0.4) is 0 Å². The second-order valence-corrected chi connectivity index (χ2v) is 5.03. The van der Waals surface area contributed by atoms with E-state index in [1.165, 1.54) is 32.4 Å². The molecule has 1 atom stereocenters. The van der Waals surface area contributed by atoms with Crippen molar-refractivity contribution in [2.24, 2.45) is 0 Å². The molecule has 126 valence electrons. The number of benzene rings is 1. The first-order valence-electron chi connectivity index (χ1n) is 7.16. The van der Waals surface area contributed by atoms with E-state index in [4.69, 9.17) is 9.15 Å².